The number of aryl methyl sites for hydroxylation is 1. The van der Waals surface area contributed by atoms with Gasteiger partial charge in [0.2, 0.25) is 10.8 Å². The molecule has 1 aliphatic heterocycles. The molecule has 3 aromatic rings. The van der Waals surface area contributed by atoms with Crippen molar-refractivity contribution < 1.29 is 14.2 Å². The van der Waals surface area contributed by atoms with Gasteiger partial charge in [0.15, 0.2) is 5.82 Å². The molecule has 0 unspecified atom stereocenters. The van der Waals surface area contributed by atoms with Crippen LogP contribution in [0.5, 0.6) is 5.88 Å². The van der Waals surface area contributed by atoms with Gasteiger partial charge >= 0.3 is 0 Å². The molecule has 0 amide bonds. The zero-order valence-electron chi connectivity index (χ0n) is 15.6. The predicted octanol–water partition coefficient (Wildman–Crippen LogP) is 3.40. The van der Waals surface area contributed by atoms with E-state index in [0.717, 1.165) is 0 Å². The van der Waals surface area contributed by atoms with Crippen molar-refractivity contribution in [3.63, 3.8) is 0 Å². The van der Waals surface area contributed by atoms with Crippen LogP contribution in [-0.4, -0.2) is 49.9 Å². The van der Waals surface area contributed by atoms with Gasteiger partial charge in [-0.3, -0.25) is 4.90 Å². The van der Waals surface area contributed by atoms with Crippen LogP contribution in [0.3, 0.4) is 0 Å². The maximum atomic E-state index is 14.7. The van der Waals surface area contributed by atoms with Crippen molar-refractivity contribution in [3.05, 3.63) is 46.3 Å². The molecule has 1 saturated heterocycles. The van der Waals surface area contributed by atoms with E-state index < -0.39 is 6.04 Å². The Morgan fingerprint density at radius 1 is 1.30 bits per heavy atom. The lowest BCUT2D eigenvalue weighted by molar-refractivity contribution is -0.0767. The third-order valence-corrected chi connectivity index (χ3v) is 5.89. The van der Waals surface area contributed by atoms with Crippen LogP contribution < -0.4 is 0 Å². The lowest BCUT2D eigenvalue weighted by Gasteiger charge is -2.40. The minimum atomic E-state index is -0.418. The highest BCUT2D eigenvalue weighted by Crippen LogP contribution is 2.41. The Kier molecular flexibility index (Phi) is 4.88. The Morgan fingerprint density at radius 2 is 2.00 bits per heavy atom. The van der Waals surface area contributed by atoms with Crippen molar-refractivity contribution in [1.29, 1.82) is 0 Å². The van der Waals surface area contributed by atoms with E-state index in [-0.39, 0.29) is 23.9 Å². The number of ether oxygens (including phenoxy) is 1. The van der Waals surface area contributed by atoms with Gasteiger partial charge in [0.05, 0.1) is 23.1 Å². The molecular weight excluding hydrogens is 367 g/mol. The molecule has 1 fully saturated rings. The molecule has 1 N–H and O–H groups in total. The summed E-state index contributed by atoms with van der Waals surface area (Å²) in [5.74, 6) is 0.420. The molecule has 0 aliphatic carbocycles. The van der Waals surface area contributed by atoms with Gasteiger partial charge in [0, 0.05) is 25.1 Å². The topological polar surface area (TPSA) is 62.9 Å². The minimum Gasteiger partial charge on any atom is -0.492 e. The highest BCUT2D eigenvalue weighted by molar-refractivity contribution is 7.17. The Labute approximate surface area is 161 Å². The summed E-state index contributed by atoms with van der Waals surface area (Å²) in [7, 11) is 0. The molecule has 1 aliphatic rings. The van der Waals surface area contributed by atoms with Crippen molar-refractivity contribution >= 4 is 16.3 Å². The minimum absolute atomic E-state index is 0.0269. The van der Waals surface area contributed by atoms with Crippen LogP contribution in [0.15, 0.2) is 24.3 Å². The molecule has 0 bridgehead atoms. The average Bonchev–Trinajstić information content (AvgIpc) is 3.16. The number of nitrogens with zero attached hydrogens (tertiary/aromatic N) is 4. The number of hydrogen-bond acceptors (Lipinski definition) is 6. The summed E-state index contributed by atoms with van der Waals surface area (Å²) < 4.78 is 22.0. The van der Waals surface area contributed by atoms with Crippen LogP contribution in [0.4, 0.5) is 4.39 Å². The van der Waals surface area contributed by atoms with E-state index in [4.69, 9.17) is 4.74 Å². The normalized spacial score (nSPS) is 22.4. The molecular formula is C19H23FN4O2S. The fourth-order valence-electron chi connectivity index (χ4n) is 3.75. The summed E-state index contributed by atoms with van der Waals surface area (Å²) in [6.07, 6.45) is 0.747. The number of hydrogen-bond donors (Lipinski definition) is 1. The predicted molar refractivity (Wildman–Crippen MR) is 102 cm³/mol. The van der Waals surface area contributed by atoms with Crippen LogP contribution in [0.25, 0.3) is 4.96 Å². The van der Waals surface area contributed by atoms with Crippen LogP contribution in [0.2, 0.25) is 0 Å². The van der Waals surface area contributed by atoms with Gasteiger partial charge in [-0.1, -0.05) is 36.5 Å². The fraction of sp³-hybridized carbons (Fsp3) is 0.474. The molecule has 3 atom stereocenters. The van der Waals surface area contributed by atoms with Crippen molar-refractivity contribution in [3.8, 4) is 5.88 Å². The van der Waals surface area contributed by atoms with Gasteiger partial charge in [-0.15, -0.1) is 5.10 Å². The van der Waals surface area contributed by atoms with Crippen LogP contribution >= 0.6 is 11.3 Å². The van der Waals surface area contributed by atoms with Crippen LogP contribution in [0, 0.1) is 5.82 Å². The monoisotopic (exact) mass is 390 g/mol. The lowest BCUT2D eigenvalue weighted by atomic mass is 10.0. The second-order valence-electron chi connectivity index (χ2n) is 7.00. The van der Waals surface area contributed by atoms with E-state index in [2.05, 4.69) is 15.0 Å². The molecule has 4 rings (SSSR count). The van der Waals surface area contributed by atoms with Gasteiger partial charge in [0.25, 0.3) is 0 Å². The number of morpholine rings is 1. The number of benzene rings is 1. The van der Waals surface area contributed by atoms with Crippen molar-refractivity contribution in [2.24, 2.45) is 0 Å². The van der Waals surface area contributed by atoms with E-state index in [1.54, 1.807) is 12.1 Å². The fourth-order valence-corrected chi connectivity index (χ4v) is 4.87. The third-order valence-electron chi connectivity index (χ3n) is 4.82. The van der Waals surface area contributed by atoms with Crippen LogP contribution in [0.1, 0.15) is 43.1 Å². The molecule has 144 valence electrons. The summed E-state index contributed by atoms with van der Waals surface area (Å²) in [4.78, 5) is 7.90. The van der Waals surface area contributed by atoms with Crippen molar-refractivity contribution in [2.75, 3.05) is 13.1 Å². The van der Waals surface area contributed by atoms with E-state index in [9.17, 15) is 9.50 Å². The highest BCUT2D eigenvalue weighted by Gasteiger charge is 2.35. The first-order valence-electron chi connectivity index (χ1n) is 9.19. The number of fused-ring (bicyclic) bond motifs is 1. The second kappa shape index (κ2) is 7.18. The first-order chi connectivity index (χ1) is 13.0. The van der Waals surface area contributed by atoms with Gasteiger partial charge < -0.3 is 9.84 Å². The standard InChI is InChI=1S/C19H23FN4O2S/c1-4-15-21-19-24(22-15)18(25)17(27-19)16(13-7-5-6-8-14(13)20)23-9-11(2)26-12(3)10-23/h5-8,11-12,16,25H,4,9-10H2,1-3H3/t11-,12-,16+/m1/s1. The zero-order chi connectivity index (χ0) is 19.1. The molecule has 1 aromatic carbocycles. The second-order valence-corrected chi connectivity index (χ2v) is 8.01. The first kappa shape index (κ1) is 18.3. The van der Waals surface area contributed by atoms with Gasteiger partial charge in [-0.2, -0.15) is 4.52 Å². The molecule has 8 heteroatoms. The highest BCUT2D eigenvalue weighted by atomic mass is 32.1. The molecule has 0 radical (unpaired) electrons. The number of halogens is 1. The number of aromatic hydroxyl groups is 1. The molecule has 27 heavy (non-hydrogen) atoms. The van der Waals surface area contributed by atoms with Gasteiger partial charge in [-0.05, 0) is 19.9 Å². The molecule has 6 nitrogen and oxygen atoms in total. The largest absolute Gasteiger partial charge is 0.492 e. The summed E-state index contributed by atoms with van der Waals surface area (Å²) in [6.45, 7) is 7.29. The van der Waals surface area contributed by atoms with E-state index in [1.807, 2.05) is 26.8 Å². The number of rotatable bonds is 4. The molecule has 2 aromatic heterocycles. The van der Waals surface area contributed by atoms with Crippen LogP contribution in [-0.2, 0) is 11.2 Å². The summed E-state index contributed by atoms with van der Waals surface area (Å²) in [6, 6.07) is 6.31. The molecule has 0 spiro atoms. The Hall–Kier alpha value is -2.03. The summed E-state index contributed by atoms with van der Waals surface area (Å²) in [5.41, 5.74) is 0.536. The van der Waals surface area contributed by atoms with Gasteiger partial charge in [0.1, 0.15) is 5.82 Å². The Morgan fingerprint density at radius 3 is 2.63 bits per heavy atom. The Balaban J connectivity index is 1.84. The zero-order valence-corrected chi connectivity index (χ0v) is 16.4. The van der Waals surface area contributed by atoms with E-state index in [1.165, 1.54) is 21.9 Å². The molecule has 3 heterocycles. The van der Waals surface area contributed by atoms with Gasteiger partial charge in [-0.25, -0.2) is 9.37 Å². The molecule has 0 saturated carbocycles. The third kappa shape index (κ3) is 3.33. The average molecular weight is 390 g/mol. The smallest absolute Gasteiger partial charge is 0.230 e. The first-order valence-corrected chi connectivity index (χ1v) is 10.0. The van der Waals surface area contributed by atoms with Crippen molar-refractivity contribution in [1.82, 2.24) is 19.5 Å². The number of thiazole rings is 1. The quantitative estimate of drug-likeness (QED) is 0.740. The SMILES string of the molecule is CCc1nc2sc([C@H](c3ccccc3F)N3C[C@@H](C)O[C@H](C)C3)c(O)n2n1. The summed E-state index contributed by atoms with van der Waals surface area (Å²) >= 11 is 1.36. The van der Waals surface area contributed by atoms with E-state index >= 15 is 0 Å². The lowest BCUT2D eigenvalue weighted by Crippen LogP contribution is -2.47. The Bertz CT molecular complexity index is 946. The van der Waals surface area contributed by atoms with E-state index in [0.29, 0.717) is 40.7 Å². The van der Waals surface area contributed by atoms with Crippen molar-refractivity contribution in [2.45, 2.75) is 45.4 Å². The summed E-state index contributed by atoms with van der Waals surface area (Å²) in [5, 5.41) is 15.2. The maximum Gasteiger partial charge on any atom is 0.230 e. The maximum absolute atomic E-state index is 14.7. The number of aromatic nitrogens is 3.